The first-order valence-electron chi connectivity index (χ1n) is 7.87. The lowest BCUT2D eigenvalue weighted by molar-refractivity contribution is 0.121. The summed E-state index contributed by atoms with van der Waals surface area (Å²) in [6.07, 6.45) is 3.56. The van der Waals surface area contributed by atoms with E-state index in [0.29, 0.717) is 17.8 Å². The minimum atomic E-state index is 0. The molecular weight excluding hydrogens is 379 g/mol. The molecule has 0 aromatic rings. The highest BCUT2D eigenvalue weighted by Crippen LogP contribution is 2.17. The second kappa shape index (κ2) is 12.5. The number of piperidine rings is 1. The predicted molar refractivity (Wildman–Crippen MR) is 100 cm³/mol. The van der Waals surface area contributed by atoms with Crippen LogP contribution in [0.2, 0.25) is 0 Å². The summed E-state index contributed by atoms with van der Waals surface area (Å²) in [6, 6.07) is 0. The lowest BCUT2D eigenvalue weighted by atomic mass is 9.97. The monoisotopic (exact) mass is 412 g/mol. The Bertz CT molecular complexity index is 279. The van der Waals surface area contributed by atoms with E-state index in [1.54, 1.807) is 7.11 Å². The molecule has 0 atom stereocenters. The number of ether oxygens (including phenoxy) is 1. The maximum Gasteiger partial charge on any atom is 0.188 e. The Morgan fingerprint density at radius 3 is 2.62 bits per heavy atom. The zero-order chi connectivity index (χ0) is 14.8. The topological polar surface area (TPSA) is 62.9 Å². The number of hydrogen-bond acceptors (Lipinski definition) is 3. The molecule has 1 heterocycles. The van der Waals surface area contributed by atoms with Crippen LogP contribution in [0.3, 0.4) is 0 Å². The summed E-state index contributed by atoms with van der Waals surface area (Å²) in [4.78, 5) is 6.94. The van der Waals surface area contributed by atoms with Crippen LogP contribution in [-0.2, 0) is 4.74 Å². The van der Waals surface area contributed by atoms with Crippen LogP contribution >= 0.6 is 24.0 Å². The van der Waals surface area contributed by atoms with Gasteiger partial charge in [0.2, 0.25) is 0 Å². The molecular formula is C15H33IN4O. The van der Waals surface area contributed by atoms with Crippen molar-refractivity contribution in [2.75, 3.05) is 46.4 Å². The van der Waals surface area contributed by atoms with E-state index in [1.165, 1.54) is 12.8 Å². The van der Waals surface area contributed by atoms with Crippen molar-refractivity contribution in [2.45, 2.75) is 33.1 Å². The molecule has 1 saturated heterocycles. The molecule has 0 unspecified atom stereocenters. The largest absolute Gasteiger partial charge is 0.383 e. The third-order valence-corrected chi connectivity index (χ3v) is 3.87. The van der Waals surface area contributed by atoms with Crippen LogP contribution in [0.4, 0.5) is 0 Å². The van der Waals surface area contributed by atoms with Crippen LogP contribution in [-0.4, -0.2) is 57.3 Å². The number of halogens is 1. The third kappa shape index (κ3) is 10.3. The van der Waals surface area contributed by atoms with Gasteiger partial charge in [0.25, 0.3) is 0 Å². The summed E-state index contributed by atoms with van der Waals surface area (Å²) in [5.41, 5.74) is 5.88. The molecule has 1 rings (SSSR count). The van der Waals surface area contributed by atoms with Gasteiger partial charge in [0, 0.05) is 26.7 Å². The highest BCUT2D eigenvalue weighted by molar-refractivity contribution is 14.0. The van der Waals surface area contributed by atoms with Crippen LogP contribution in [0.15, 0.2) is 4.99 Å². The summed E-state index contributed by atoms with van der Waals surface area (Å²) in [5.74, 6) is 1.98. The number of methoxy groups -OCH3 is 1. The molecule has 0 saturated carbocycles. The van der Waals surface area contributed by atoms with E-state index in [1.807, 2.05) is 0 Å². The Morgan fingerprint density at radius 1 is 1.38 bits per heavy atom. The van der Waals surface area contributed by atoms with Gasteiger partial charge in [0.05, 0.1) is 6.61 Å². The van der Waals surface area contributed by atoms with Crippen molar-refractivity contribution >= 4 is 29.9 Å². The molecule has 1 fully saturated rings. The number of nitrogens with one attached hydrogen (secondary N) is 1. The lowest BCUT2D eigenvalue weighted by Gasteiger charge is -2.30. The average molecular weight is 412 g/mol. The van der Waals surface area contributed by atoms with Crippen molar-refractivity contribution in [1.29, 1.82) is 0 Å². The first-order valence-corrected chi connectivity index (χ1v) is 7.87. The van der Waals surface area contributed by atoms with Gasteiger partial charge in [-0.2, -0.15) is 0 Å². The first-order chi connectivity index (χ1) is 9.61. The fourth-order valence-electron chi connectivity index (χ4n) is 2.39. The SMILES string of the molecule is COCCN1CCC(CN=C(N)NCCC(C)C)CC1.I. The summed E-state index contributed by atoms with van der Waals surface area (Å²) in [6.45, 7) is 10.4. The molecule has 0 aliphatic carbocycles. The molecule has 126 valence electrons. The van der Waals surface area contributed by atoms with Crippen molar-refractivity contribution in [2.24, 2.45) is 22.6 Å². The molecule has 0 spiro atoms. The quantitative estimate of drug-likeness (QED) is 0.363. The molecule has 6 heteroatoms. The lowest BCUT2D eigenvalue weighted by Crippen LogP contribution is -2.37. The van der Waals surface area contributed by atoms with E-state index in [2.05, 4.69) is 29.1 Å². The standard InChI is InChI=1S/C15H32N4O.HI/c1-13(2)4-7-17-15(16)18-12-14-5-8-19(9-6-14)10-11-20-3;/h13-14H,4-12H2,1-3H3,(H3,16,17,18);1H. The molecule has 21 heavy (non-hydrogen) atoms. The second-order valence-electron chi connectivity index (χ2n) is 6.11. The number of likely N-dealkylation sites (tertiary alicyclic amines) is 1. The molecule has 0 amide bonds. The van der Waals surface area contributed by atoms with Crippen LogP contribution in [0.1, 0.15) is 33.1 Å². The Hall–Kier alpha value is -0.0800. The maximum absolute atomic E-state index is 5.88. The number of nitrogens with zero attached hydrogens (tertiary/aromatic N) is 2. The Labute approximate surface area is 147 Å². The number of guanidine groups is 1. The van der Waals surface area contributed by atoms with E-state index in [0.717, 1.165) is 45.8 Å². The average Bonchev–Trinajstić information content (AvgIpc) is 2.43. The molecule has 0 aromatic carbocycles. The van der Waals surface area contributed by atoms with Gasteiger partial charge < -0.3 is 20.7 Å². The molecule has 0 radical (unpaired) electrons. The minimum absolute atomic E-state index is 0. The van der Waals surface area contributed by atoms with Crippen LogP contribution in [0.25, 0.3) is 0 Å². The van der Waals surface area contributed by atoms with Gasteiger partial charge >= 0.3 is 0 Å². The van der Waals surface area contributed by atoms with Gasteiger partial charge in [-0.3, -0.25) is 4.99 Å². The fourth-order valence-corrected chi connectivity index (χ4v) is 2.39. The molecule has 0 aromatic heterocycles. The Balaban J connectivity index is 0.00000400. The van der Waals surface area contributed by atoms with E-state index in [4.69, 9.17) is 10.5 Å². The fraction of sp³-hybridized carbons (Fsp3) is 0.933. The minimum Gasteiger partial charge on any atom is -0.383 e. The zero-order valence-corrected chi connectivity index (χ0v) is 16.1. The van der Waals surface area contributed by atoms with Crippen molar-refractivity contribution < 1.29 is 4.74 Å². The van der Waals surface area contributed by atoms with Gasteiger partial charge in [-0.05, 0) is 44.2 Å². The van der Waals surface area contributed by atoms with Gasteiger partial charge in [-0.1, -0.05) is 13.8 Å². The number of nitrogens with two attached hydrogens (primary N) is 1. The van der Waals surface area contributed by atoms with Gasteiger partial charge in [-0.15, -0.1) is 24.0 Å². The summed E-state index contributed by atoms with van der Waals surface area (Å²) in [5, 5.41) is 3.19. The van der Waals surface area contributed by atoms with E-state index >= 15 is 0 Å². The van der Waals surface area contributed by atoms with E-state index < -0.39 is 0 Å². The van der Waals surface area contributed by atoms with Crippen molar-refractivity contribution in [3.63, 3.8) is 0 Å². The van der Waals surface area contributed by atoms with E-state index in [9.17, 15) is 0 Å². The Kier molecular flexibility index (Phi) is 12.4. The Morgan fingerprint density at radius 2 is 2.05 bits per heavy atom. The summed E-state index contributed by atoms with van der Waals surface area (Å²) in [7, 11) is 1.76. The summed E-state index contributed by atoms with van der Waals surface area (Å²) >= 11 is 0. The second-order valence-corrected chi connectivity index (χ2v) is 6.11. The molecule has 1 aliphatic heterocycles. The zero-order valence-electron chi connectivity index (χ0n) is 13.8. The number of rotatable bonds is 8. The van der Waals surface area contributed by atoms with Crippen LogP contribution in [0, 0.1) is 11.8 Å². The number of hydrogen-bond donors (Lipinski definition) is 2. The molecule has 3 N–H and O–H groups in total. The summed E-state index contributed by atoms with van der Waals surface area (Å²) < 4.78 is 5.12. The van der Waals surface area contributed by atoms with Crippen molar-refractivity contribution in [1.82, 2.24) is 10.2 Å². The smallest absolute Gasteiger partial charge is 0.188 e. The highest BCUT2D eigenvalue weighted by Gasteiger charge is 2.18. The number of aliphatic imine (C=N–C) groups is 1. The van der Waals surface area contributed by atoms with Gasteiger partial charge in [0.1, 0.15) is 0 Å². The predicted octanol–water partition coefficient (Wildman–Crippen LogP) is 1.91. The van der Waals surface area contributed by atoms with Crippen molar-refractivity contribution in [3.8, 4) is 0 Å². The molecule has 5 nitrogen and oxygen atoms in total. The normalized spacial score (nSPS) is 17.8. The maximum atomic E-state index is 5.88. The highest BCUT2D eigenvalue weighted by atomic mass is 127. The van der Waals surface area contributed by atoms with Crippen LogP contribution < -0.4 is 11.1 Å². The first kappa shape index (κ1) is 20.9. The van der Waals surface area contributed by atoms with Crippen LogP contribution in [0.5, 0.6) is 0 Å². The third-order valence-electron chi connectivity index (χ3n) is 3.87. The van der Waals surface area contributed by atoms with Gasteiger partial charge in [-0.25, -0.2) is 0 Å². The van der Waals surface area contributed by atoms with Gasteiger partial charge in [0.15, 0.2) is 5.96 Å². The van der Waals surface area contributed by atoms with Crippen molar-refractivity contribution in [3.05, 3.63) is 0 Å². The van der Waals surface area contributed by atoms with E-state index in [-0.39, 0.29) is 24.0 Å². The molecule has 1 aliphatic rings. The molecule has 0 bridgehead atoms.